The molecule has 0 saturated heterocycles. The number of aromatic nitrogens is 1. The molecule has 0 atom stereocenters. The molecule has 2 aromatic carbocycles. The first-order valence-electron chi connectivity index (χ1n) is 8.21. The van der Waals surface area contributed by atoms with Gasteiger partial charge in [-0.3, -0.25) is 4.79 Å². The topological polar surface area (TPSA) is 97.5 Å². The molecule has 0 fully saturated rings. The third kappa shape index (κ3) is 3.98. The van der Waals surface area contributed by atoms with E-state index in [0.717, 1.165) is 16.5 Å². The van der Waals surface area contributed by atoms with E-state index in [0.29, 0.717) is 16.8 Å². The SMILES string of the molecule is COC(=O)c1ccc(C)c(NC(=O)COC(=O)c2c[nH]c3ccccc23)c1. The average molecular weight is 366 g/mol. The lowest BCUT2D eigenvalue weighted by atomic mass is 10.1. The number of ether oxygens (including phenoxy) is 2. The number of para-hydroxylation sites is 1. The van der Waals surface area contributed by atoms with Crippen LogP contribution in [0.1, 0.15) is 26.3 Å². The molecule has 1 amide bonds. The van der Waals surface area contributed by atoms with Crippen molar-refractivity contribution >= 4 is 34.4 Å². The number of amides is 1. The van der Waals surface area contributed by atoms with Gasteiger partial charge in [0.1, 0.15) is 0 Å². The highest BCUT2D eigenvalue weighted by molar-refractivity contribution is 6.05. The Morgan fingerprint density at radius 2 is 1.85 bits per heavy atom. The van der Waals surface area contributed by atoms with E-state index in [1.165, 1.54) is 13.2 Å². The van der Waals surface area contributed by atoms with Crippen molar-refractivity contribution in [2.45, 2.75) is 6.92 Å². The summed E-state index contributed by atoms with van der Waals surface area (Å²) in [7, 11) is 1.28. The molecule has 7 heteroatoms. The van der Waals surface area contributed by atoms with Crippen molar-refractivity contribution in [1.82, 2.24) is 4.98 Å². The quantitative estimate of drug-likeness (QED) is 0.677. The Labute approximate surface area is 155 Å². The number of nitrogens with one attached hydrogen (secondary N) is 2. The van der Waals surface area contributed by atoms with Crippen molar-refractivity contribution in [3.63, 3.8) is 0 Å². The van der Waals surface area contributed by atoms with Crippen LogP contribution in [0, 0.1) is 6.92 Å². The Kier molecular flexibility index (Phi) is 5.21. The normalized spacial score (nSPS) is 10.4. The van der Waals surface area contributed by atoms with Crippen molar-refractivity contribution < 1.29 is 23.9 Å². The van der Waals surface area contributed by atoms with E-state index in [1.807, 2.05) is 18.2 Å². The second-order valence-electron chi connectivity index (χ2n) is 5.89. The van der Waals surface area contributed by atoms with Gasteiger partial charge in [-0.2, -0.15) is 0 Å². The number of esters is 2. The van der Waals surface area contributed by atoms with E-state index in [2.05, 4.69) is 15.0 Å². The lowest BCUT2D eigenvalue weighted by molar-refractivity contribution is -0.119. The zero-order valence-electron chi connectivity index (χ0n) is 14.9. The van der Waals surface area contributed by atoms with Gasteiger partial charge in [-0.05, 0) is 30.7 Å². The average Bonchev–Trinajstić information content (AvgIpc) is 3.11. The molecule has 0 aliphatic carbocycles. The van der Waals surface area contributed by atoms with Gasteiger partial charge < -0.3 is 19.8 Å². The lowest BCUT2D eigenvalue weighted by Gasteiger charge is -2.10. The number of H-pyrrole nitrogens is 1. The molecule has 0 aliphatic rings. The van der Waals surface area contributed by atoms with E-state index in [4.69, 9.17) is 4.74 Å². The number of aromatic amines is 1. The zero-order valence-corrected chi connectivity index (χ0v) is 14.9. The van der Waals surface area contributed by atoms with Crippen molar-refractivity contribution in [2.75, 3.05) is 19.0 Å². The number of hydrogen-bond donors (Lipinski definition) is 2. The van der Waals surface area contributed by atoms with Crippen LogP contribution in [-0.4, -0.2) is 36.5 Å². The summed E-state index contributed by atoms with van der Waals surface area (Å²) in [4.78, 5) is 39.0. The molecule has 0 bridgehead atoms. The smallest absolute Gasteiger partial charge is 0.340 e. The Balaban J connectivity index is 1.65. The van der Waals surface area contributed by atoms with Crippen LogP contribution < -0.4 is 5.32 Å². The minimum absolute atomic E-state index is 0.314. The summed E-state index contributed by atoms with van der Waals surface area (Å²) in [5, 5.41) is 3.36. The first-order valence-corrected chi connectivity index (χ1v) is 8.21. The summed E-state index contributed by atoms with van der Waals surface area (Å²) in [5.74, 6) is -1.60. The fraction of sp³-hybridized carbons (Fsp3) is 0.150. The monoisotopic (exact) mass is 366 g/mol. The summed E-state index contributed by atoms with van der Waals surface area (Å²) in [5.41, 5.74) is 2.70. The lowest BCUT2D eigenvalue weighted by Crippen LogP contribution is -2.21. The first-order chi connectivity index (χ1) is 13.0. The zero-order chi connectivity index (χ0) is 19.4. The summed E-state index contributed by atoms with van der Waals surface area (Å²) < 4.78 is 9.77. The molecule has 1 heterocycles. The van der Waals surface area contributed by atoms with Gasteiger partial charge in [-0.1, -0.05) is 24.3 Å². The number of benzene rings is 2. The summed E-state index contributed by atoms with van der Waals surface area (Å²) in [6.45, 7) is 1.34. The van der Waals surface area contributed by atoms with Crippen molar-refractivity contribution in [1.29, 1.82) is 0 Å². The van der Waals surface area contributed by atoms with Crippen LogP contribution in [0.4, 0.5) is 5.69 Å². The summed E-state index contributed by atoms with van der Waals surface area (Å²) in [6.07, 6.45) is 1.55. The summed E-state index contributed by atoms with van der Waals surface area (Å²) in [6, 6.07) is 12.1. The van der Waals surface area contributed by atoms with Gasteiger partial charge >= 0.3 is 11.9 Å². The number of rotatable bonds is 5. The number of anilines is 1. The highest BCUT2D eigenvalue weighted by atomic mass is 16.5. The van der Waals surface area contributed by atoms with E-state index in [-0.39, 0.29) is 0 Å². The molecular weight excluding hydrogens is 348 g/mol. The summed E-state index contributed by atoms with van der Waals surface area (Å²) >= 11 is 0. The third-order valence-corrected chi connectivity index (χ3v) is 4.08. The molecule has 27 heavy (non-hydrogen) atoms. The van der Waals surface area contributed by atoms with E-state index >= 15 is 0 Å². The largest absolute Gasteiger partial charge is 0.465 e. The number of aryl methyl sites for hydroxylation is 1. The van der Waals surface area contributed by atoms with Crippen LogP contribution in [0.15, 0.2) is 48.7 Å². The van der Waals surface area contributed by atoms with E-state index in [1.54, 1.807) is 31.3 Å². The van der Waals surface area contributed by atoms with Crippen LogP contribution in [0.3, 0.4) is 0 Å². The number of fused-ring (bicyclic) bond motifs is 1. The highest BCUT2D eigenvalue weighted by Gasteiger charge is 2.16. The van der Waals surface area contributed by atoms with E-state index < -0.39 is 24.5 Å². The minimum Gasteiger partial charge on any atom is -0.465 e. The van der Waals surface area contributed by atoms with Crippen molar-refractivity contribution in [3.8, 4) is 0 Å². The van der Waals surface area contributed by atoms with Gasteiger partial charge in [0.2, 0.25) is 0 Å². The van der Waals surface area contributed by atoms with Crippen LogP contribution in [0.5, 0.6) is 0 Å². The van der Waals surface area contributed by atoms with Crippen LogP contribution >= 0.6 is 0 Å². The number of methoxy groups -OCH3 is 1. The van der Waals surface area contributed by atoms with Crippen molar-refractivity contribution in [3.05, 3.63) is 65.4 Å². The second kappa shape index (κ2) is 7.74. The number of carbonyl (C=O) groups excluding carboxylic acids is 3. The van der Waals surface area contributed by atoms with Gasteiger partial charge in [0.05, 0.1) is 18.2 Å². The van der Waals surface area contributed by atoms with Gasteiger partial charge in [-0.15, -0.1) is 0 Å². The van der Waals surface area contributed by atoms with Crippen LogP contribution in [0.25, 0.3) is 10.9 Å². The van der Waals surface area contributed by atoms with Gasteiger partial charge in [0, 0.05) is 22.8 Å². The molecular formula is C20H18N2O5. The fourth-order valence-corrected chi connectivity index (χ4v) is 2.64. The van der Waals surface area contributed by atoms with E-state index in [9.17, 15) is 14.4 Å². The predicted octanol–water partition coefficient (Wildman–Crippen LogP) is 3.06. The molecule has 7 nitrogen and oxygen atoms in total. The molecule has 3 aromatic rings. The van der Waals surface area contributed by atoms with Crippen LogP contribution in [0.2, 0.25) is 0 Å². The molecule has 0 aliphatic heterocycles. The van der Waals surface area contributed by atoms with Gasteiger partial charge in [-0.25, -0.2) is 9.59 Å². The number of carbonyl (C=O) groups is 3. The maximum absolute atomic E-state index is 12.2. The van der Waals surface area contributed by atoms with Crippen molar-refractivity contribution in [2.24, 2.45) is 0 Å². The molecule has 1 aromatic heterocycles. The maximum Gasteiger partial charge on any atom is 0.340 e. The van der Waals surface area contributed by atoms with Gasteiger partial charge in [0.25, 0.3) is 5.91 Å². The minimum atomic E-state index is -0.595. The number of hydrogen-bond acceptors (Lipinski definition) is 5. The Morgan fingerprint density at radius 1 is 1.07 bits per heavy atom. The first kappa shape index (κ1) is 18.2. The molecule has 0 unspecified atom stereocenters. The Bertz CT molecular complexity index is 1020. The molecule has 0 radical (unpaired) electrons. The Hall–Kier alpha value is -3.61. The fourth-order valence-electron chi connectivity index (χ4n) is 2.64. The molecule has 3 rings (SSSR count). The maximum atomic E-state index is 12.2. The predicted molar refractivity (Wildman–Crippen MR) is 99.7 cm³/mol. The molecule has 138 valence electrons. The standard InChI is InChI=1S/C20H18N2O5/c1-12-7-8-13(19(24)26-2)9-17(12)22-18(23)11-27-20(25)15-10-21-16-6-4-3-5-14(15)16/h3-10,21H,11H2,1-2H3,(H,22,23). The second-order valence-corrected chi connectivity index (χ2v) is 5.89. The molecule has 0 spiro atoms. The highest BCUT2D eigenvalue weighted by Crippen LogP contribution is 2.19. The third-order valence-electron chi connectivity index (χ3n) is 4.08. The molecule has 2 N–H and O–H groups in total. The van der Waals surface area contributed by atoms with Crippen LogP contribution in [-0.2, 0) is 14.3 Å². The molecule has 0 saturated carbocycles. The Morgan fingerprint density at radius 3 is 2.63 bits per heavy atom. The van der Waals surface area contributed by atoms with Gasteiger partial charge in [0.15, 0.2) is 6.61 Å².